The molecule has 1 aliphatic heterocycles. The summed E-state index contributed by atoms with van der Waals surface area (Å²) in [5.74, 6) is 2.01. The second kappa shape index (κ2) is 5.61. The van der Waals surface area contributed by atoms with E-state index in [4.69, 9.17) is 9.47 Å². The molecule has 2 aliphatic rings. The van der Waals surface area contributed by atoms with Crippen LogP contribution in [0, 0.1) is 0 Å². The number of ether oxygens (including phenoxy) is 2. The molecule has 0 radical (unpaired) electrons. The van der Waals surface area contributed by atoms with Gasteiger partial charge in [0.2, 0.25) is 6.79 Å². The molecular formula is C17H19N3O3. The molecule has 1 aromatic carbocycles. The molecule has 0 spiro atoms. The van der Waals surface area contributed by atoms with Crippen molar-refractivity contribution in [1.29, 1.82) is 0 Å². The monoisotopic (exact) mass is 313 g/mol. The average Bonchev–Trinajstić information content (AvgIpc) is 3.12. The minimum Gasteiger partial charge on any atom is -0.454 e. The lowest BCUT2D eigenvalue weighted by Crippen LogP contribution is -2.30. The molecule has 1 aromatic heterocycles. The Morgan fingerprint density at radius 2 is 2.13 bits per heavy atom. The van der Waals surface area contributed by atoms with Gasteiger partial charge in [0.05, 0.1) is 0 Å². The lowest BCUT2D eigenvalue weighted by molar-refractivity contribution is 0.0746. The Hall–Kier alpha value is -2.50. The maximum atomic E-state index is 12.7. The lowest BCUT2D eigenvalue weighted by Gasteiger charge is -2.20. The van der Waals surface area contributed by atoms with E-state index in [1.165, 1.54) is 12.8 Å². The highest BCUT2D eigenvalue weighted by atomic mass is 16.7. The Balaban J connectivity index is 1.49. The quantitative estimate of drug-likeness (QED) is 0.921. The van der Waals surface area contributed by atoms with Gasteiger partial charge in [-0.15, -0.1) is 0 Å². The van der Waals surface area contributed by atoms with Crippen molar-refractivity contribution in [2.75, 3.05) is 13.3 Å². The summed E-state index contributed by atoms with van der Waals surface area (Å²) in [6, 6.07) is 7.67. The number of carbonyl (C=O) groups is 1. The fourth-order valence-electron chi connectivity index (χ4n) is 2.80. The maximum Gasteiger partial charge on any atom is 0.274 e. The molecule has 1 N–H and O–H groups in total. The molecule has 0 unspecified atom stereocenters. The number of H-pyrrole nitrogens is 1. The van der Waals surface area contributed by atoms with Crippen molar-refractivity contribution in [2.24, 2.45) is 0 Å². The zero-order valence-corrected chi connectivity index (χ0v) is 13.0. The molecule has 0 atom stereocenters. The van der Waals surface area contributed by atoms with Crippen LogP contribution in [0.1, 0.15) is 47.4 Å². The fourth-order valence-corrected chi connectivity index (χ4v) is 2.80. The second-order valence-electron chi connectivity index (χ2n) is 5.99. The van der Waals surface area contributed by atoms with Crippen LogP contribution in [0.2, 0.25) is 0 Å². The van der Waals surface area contributed by atoms with Gasteiger partial charge < -0.3 is 14.4 Å². The minimum atomic E-state index is -0.0479. The van der Waals surface area contributed by atoms with Gasteiger partial charge in [0.1, 0.15) is 5.69 Å². The molecule has 1 aliphatic carbocycles. The van der Waals surface area contributed by atoms with Crippen LogP contribution in [-0.4, -0.2) is 34.3 Å². The van der Waals surface area contributed by atoms with Gasteiger partial charge in [-0.05, 0) is 43.5 Å². The second-order valence-corrected chi connectivity index (χ2v) is 5.99. The summed E-state index contributed by atoms with van der Waals surface area (Å²) in [7, 11) is 0. The van der Waals surface area contributed by atoms with E-state index < -0.39 is 0 Å². The number of hydrogen-bond donors (Lipinski definition) is 1. The summed E-state index contributed by atoms with van der Waals surface area (Å²) in [6.45, 7) is 3.38. The summed E-state index contributed by atoms with van der Waals surface area (Å²) in [5, 5.41) is 7.18. The Morgan fingerprint density at radius 3 is 2.91 bits per heavy atom. The normalized spacial score (nSPS) is 15.7. The Kier molecular flexibility index (Phi) is 3.44. The fraction of sp³-hybridized carbons (Fsp3) is 0.412. The number of hydrogen-bond acceptors (Lipinski definition) is 4. The van der Waals surface area contributed by atoms with Gasteiger partial charge in [0.25, 0.3) is 5.91 Å². The van der Waals surface area contributed by atoms with Crippen molar-refractivity contribution in [2.45, 2.75) is 32.2 Å². The van der Waals surface area contributed by atoms with Gasteiger partial charge in [0, 0.05) is 24.7 Å². The molecule has 120 valence electrons. The predicted octanol–water partition coefficient (Wildman–Crippen LogP) is 2.68. The van der Waals surface area contributed by atoms with Crippen LogP contribution in [-0.2, 0) is 6.54 Å². The van der Waals surface area contributed by atoms with Gasteiger partial charge in [-0.2, -0.15) is 5.10 Å². The van der Waals surface area contributed by atoms with Crippen LogP contribution < -0.4 is 9.47 Å². The van der Waals surface area contributed by atoms with E-state index in [1.807, 2.05) is 31.2 Å². The smallest absolute Gasteiger partial charge is 0.274 e. The van der Waals surface area contributed by atoms with Crippen LogP contribution in [0.15, 0.2) is 24.3 Å². The highest BCUT2D eigenvalue weighted by Crippen LogP contribution is 2.39. The van der Waals surface area contributed by atoms with E-state index in [2.05, 4.69) is 10.2 Å². The van der Waals surface area contributed by atoms with Gasteiger partial charge >= 0.3 is 0 Å². The molecule has 6 nitrogen and oxygen atoms in total. The molecule has 23 heavy (non-hydrogen) atoms. The molecule has 0 bridgehead atoms. The van der Waals surface area contributed by atoms with Crippen LogP contribution in [0.4, 0.5) is 0 Å². The van der Waals surface area contributed by atoms with Crippen molar-refractivity contribution in [3.05, 3.63) is 41.2 Å². The number of aromatic nitrogens is 2. The molecule has 4 rings (SSSR count). The number of nitrogens with zero attached hydrogens (tertiary/aromatic N) is 2. The predicted molar refractivity (Wildman–Crippen MR) is 83.5 cm³/mol. The summed E-state index contributed by atoms with van der Waals surface area (Å²) < 4.78 is 10.7. The van der Waals surface area contributed by atoms with Crippen molar-refractivity contribution >= 4 is 5.91 Å². The first kappa shape index (κ1) is 14.1. The van der Waals surface area contributed by atoms with Crippen molar-refractivity contribution in [3.63, 3.8) is 0 Å². The molecule has 6 heteroatoms. The zero-order valence-electron chi connectivity index (χ0n) is 13.0. The third kappa shape index (κ3) is 2.76. The van der Waals surface area contributed by atoms with E-state index >= 15 is 0 Å². The van der Waals surface area contributed by atoms with Crippen LogP contribution >= 0.6 is 0 Å². The summed E-state index contributed by atoms with van der Waals surface area (Å²) in [6.07, 6.45) is 2.37. The van der Waals surface area contributed by atoms with Gasteiger partial charge in [-0.25, -0.2) is 0 Å². The maximum absolute atomic E-state index is 12.7. The van der Waals surface area contributed by atoms with Crippen LogP contribution in [0.5, 0.6) is 11.5 Å². The molecule has 2 aromatic rings. The van der Waals surface area contributed by atoms with Gasteiger partial charge in [-0.3, -0.25) is 9.89 Å². The molecule has 0 saturated heterocycles. The van der Waals surface area contributed by atoms with E-state index in [-0.39, 0.29) is 12.7 Å². The summed E-state index contributed by atoms with van der Waals surface area (Å²) in [4.78, 5) is 14.4. The van der Waals surface area contributed by atoms with Gasteiger partial charge in [-0.1, -0.05) is 6.07 Å². The van der Waals surface area contributed by atoms with E-state index in [0.717, 1.165) is 22.8 Å². The lowest BCUT2D eigenvalue weighted by atomic mass is 10.1. The van der Waals surface area contributed by atoms with Crippen molar-refractivity contribution < 1.29 is 14.3 Å². The Labute approximate surface area is 134 Å². The first-order valence-corrected chi connectivity index (χ1v) is 7.97. The first-order chi connectivity index (χ1) is 11.2. The third-order valence-electron chi connectivity index (χ3n) is 4.31. The highest BCUT2D eigenvalue weighted by Gasteiger charge is 2.27. The average molecular weight is 313 g/mol. The first-order valence-electron chi connectivity index (χ1n) is 7.97. The third-order valence-corrected chi connectivity index (χ3v) is 4.31. The minimum absolute atomic E-state index is 0.0479. The van der Waals surface area contributed by atoms with E-state index in [9.17, 15) is 4.79 Å². The van der Waals surface area contributed by atoms with Crippen LogP contribution in [0.3, 0.4) is 0 Å². The van der Waals surface area contributed by atoms with Gasteiger partial charge in [0.15, 0.2) is 11.5 Å². The number of fused-ring (bicyclic) bond motifs is 1. The molecular weight excluding hydrogens is 294 g/mol. The number of amides is 1. The summed E-state index contributed by atoms with van der Waals surface area (Å²) in [5.41, 5.74) is 2.59. The Morgan fingerprint density at radius 1 is 1.30 bits per heavy atom. The highest BCUT2D eigenvalue weighted by molar-refractivity contribution is 5.92. The largest absolute Gasteiger partial charge is 0.454 e. The number of carbonyl (C=O) groups excluding carboxylic acids is 1. The Bertz CT molecular complexity index is 736. The molecule has 1 amide bonds. The topological polar surface area (TPSA) is 67.5 Å². The van der Waals surface area contributed by atoms with Crippen molar-refractivity contribution in [3.8, 4) is 11.5 Å². The number of aromatic amines is 1. The zero-order chi connectivity index (χ0) is 15.8. The number of benzene rings is 1. The van der Waals surface area contributed by atoms with E-state index in [1.54, 1.807) is 4.90 Å². The molecule has 1 saturated carbocycles. The molecule has 1 fully saturated rings. The van der Waals surface area contributed by atoms with Crippen molar-refractivity contribution in [1.82, 2.24) is 15.1 Å². The van der Waals surface area contributed by atoms with Crippen LogP contribution in [0.25, 0.3) is 0 Å². The SMILES string of the molecule is CCN(Cc1ccc2c(c1)OCO2)C(=O)c1cc(C2CC2)[nH]n1. The molecule has 2 heterocycles. The standard InChI is InChI=1S/C17H19N3O3/c1-2-20(9-11-3-6-15-16(7-11)23-10-22-15)17(21)14-8-13(18-19-14)12-4-5-12/h3,6-8,12H,2,4-5,9-10H2,1H3,(H,18,19). The van der Waals surface area contributed by atoms with E-state index in [0.29, 0.717) is 24.7 Å². The number of rotatable bonds is 5. The number of nitrogens with one attached hydrogen (secondary N) is 1. The summed E-state index contributed by atoms with van der Waals surface area (Å²) >= 11 is 0.